The molecule has 2 aromatic carbocycles. The maximum atomic E-state index is 6.00. The molecule has 0 radical (unpaired) electrons. The van der Waals surface area contributed by atoms with Crippen LogP contribution in [0.4, 0.5) is 0 Å². The highest BCUT2D eigenvalue weighted by Gasteiger charge is 2.40. The molecule has 1 aliphatic carbocycles. The monoisotopic (exact) mass is 262 g/mol. The summed E-state index contributed by atoms with van der Waals surface area (Å²) in [6.45, 7) is 11.2. The molecule has 3 aromatic rings. The van der Waals surface area contributed by atoms with Crippen LogP contribution in [0.3, 0.4) is 0 Å². The van der Waals surface area contributed by atoms with Crippen LogP contribution < -0.4 is 0 Å². The quantitative estimate of drug-likeness (QED) is 0.503. The fraction of sp³-hybridized carbons (Fsp3) is 0.263. The fourth-order valence-electron chi connectivity index (χ4n) is 3.53. The van der Waals surface area contributed by atoms with Crippen molar-refractivity contribution in [2.45, 2.75) is 26.7 Å². The summed E-state index contributed by atoms with van der Waals surface area (Å²) in [5.74, 6) is 0.453. The first-order valence-electron chi connectivity index (χ1n) is 7.15. The molecule has 0 saturated heterocycles. The van der Waals surface area contributed by atoms with Gasteiger partial charge in [0.05, 0.1) is 0 Å². The van der Waals surface area contributed by atoms with E-state index in [0.29, 0.717) is 5.92 Å². The highest BCUT2D eigenvalue weighted by Crippen LogP contribution is 2.56. The summed E-state index contributed by atoms with van der Waals surface area (Å²) in [6.07, 6.45) is 0. The predicted molar refractivity (Wildman–Crippen MR) is 85.0 cm³/mol. The summed E-state index contributed by atoms with van der Waals surface area (Å²) in [5, 5.41) is 2.49. The van der Waals surface area contributed by atoms with Crippen LogP contribution in [0, 0.1) is 5.41 Å². The van der Waals surface area contributed by atoms with E-state index >= 15 is 0 Å². The molecule has 0 aliphatic heterocycles. The Labute approximate surface area is 118 Å². The highest BCUT2D eigenvalue weighted by molar-refractivity contribution is 6.09. The largest absolute Gasteiger partial charge is 0.456 e. The minimum Gasteiger partial charge on any atom is -0.456 e. The molecular weight excluding hydrogens is 244 g/mol. The summed E-state index contributed by atoms with van der Waals surface area (Å²) < 4.78 is 6.00. The molecule has 0 amide bonds. The van der Waals surface area contributed by atoms with Crippen LogP contribution >= 0.6 is 0 Å². The Balaban J connectivity index is 2.21. The maximum absolute atomic E-state index is 6.00. The molecule has 100 valence electrons. The van der Waals surface area contributed by atoms with E-state index in [-0.39, 0.29) is 5.41 Å². The summed E-state index contributed by atoms with van der Waals surface area (Å²) in [4.78, 5) is 0. The summed E-state index contributed by atoms with van der Waals surface area (Å²) in [6, 6.07) is 12.6. The van der Waals surface area contributed by atoms with Crippen molar-refractivity contribution in [3.05, 3.63) is 54.1 Å². The third-order valence-corrected chi connectivity index (χ3v) is 5.20. The number of rotatable bonds is 0. The minimum absolute atomic E-state index is 0.106. The average molecular weight is 262 g/mol. The third-order valence-electron chi connectivity index (χ3n) is 5.20. The van der Waals surface area contributed by atoms with Gasteiger partial charge < -0.3 is 4.42 Å². The van der Waals surface area contributed by atoms with Gasteiger partial charge in [0, 0.05) is 10.8 Å². The van der Waals surface area contributed by atoms with Crippen molar-refractivity contribution >= 4 is 27.5 Å². The standard InChI is InChI=1S/C19H18O/c1-11-13-9-10-16-18(17(13)12(2)19(11,3)4)14-7-5-6-8-15(14)20-16/h5-10,12H,1H2,2-4H3. The number of hydrogen-bond donors (Lipinski definition) is 0. The number of benzene rings is 2. The third kappa shape index (κ3) is 1.23. The number of furan rings is 1. The van der Waals surface area contributed by atoms with Gasteiger partial charge in [0.25, 0.3) is 0 Å². The summed E-state index contributed by atoms with van der Waals surface area (Å²) in [7, 11) is 0. The van der Waals surface area contributed by atoms with E-state index in [0.717, 1.165) is 11.2 Å². The van der Waals surface area contributed by atoms with Crippen molar-refractivity contribution in [3.63, 3.8) is 0 Å². The highest BCUT2D eigenvalue weighted by atomic mass is 16.3. The zero-order valence-corrected chi connectivity index (χ0v) is 12.2. The van der Waals surface area contributed by atoms with E-state index in [4.69, 9.17) is 4.42 Å². The lowest BCUT2D eigenvalue weighted by molar-refractivity contribution is 0.436. The second-order valence-electron chi connectivity index (χ2n) is 6.42. The molecule has 1 heterocycles. The fourth-order valence-corrected chi connectivity index (χ4v) is 3.53. The summed E-state index contributed by atoms with van der Waals surface area (Å²) >= 11 is 0. The van der Waals surface area contributed by atoms with E-state index in [2.05, 4.69) is 51.6 Å². The molecule has 20 heavy (non-hydrogen) atoms. The molecule has 1 aliphatic rings. The van der Waals surface area contributed by atoms with Gasteiger partial charge in [-0.2, -0.15) is 0 Å². The first-order valence-corrected chi connectivity index (χ1v) is 7.15. The van der Waals surface area contributed by atoms with Crippen molar-refractivity contribution in [3.8, 4) is 0 Å². The molecular formula is C19H18O. The average Bonchev–Trinajstić information content (AvgIpc) is 2.89. The SMILES string of the molecule is C=C1c2ccc3oc4ccccc4c3c2C(C)C1(C)C. The Morgan fingerprint density at radius 1 is 1.05 bits per heavy atom. The normalized spacial score (nSPS) is 20.8. The number of allylic oxidation sites excluding steroid dienone is 1. The lowest BCUT2D eigenvalue weighted by atomic mass is 9.78. The molecule has 0 bridgehead atoms. The van der Waals surface area contributed by atoms with Crippen molar-refractivity contribution < 1.29 is 4.42 Å². The van der Waals surface area contributed by atoms with Crippen molar-refractivity contribution in [2.75, 3.05) is 0 Å². The van der Waals surface area contributed by atoms with Crippen molar-refractivity contribution in [1.29, 1.82) is 0 Å². The van der Waals surface area contributed by atoms with Crippen LogP contribution in [-0.2, 0) is 0 Å². The molecule has 0 spiro atoms. The molecule has 4 rings (SSSR count). The molecule has 1 atom stereocenters. The van der Waals surface area contributed by atoms with Gasteiger partial charge in [0.1, 0.15) is 11.2 Å². The van der Waals surface area contributed by atoms with Gasteiger partial charge in [0.2, 0.25) is 0 Å². The van der Waals surface area contributed by atoms with E-state index in [1.807, 2.05) is 12.1 Å². The van der Waals surface area contributed by atoms with E-state index < -0.39 is 0 Å². The number of para-hydroxylation sites is 1. The topological polar surface area (TPSA) is 13.1 Å². The van der Waals surface area contributed by atoms with Crippen LogP contribution in [-0.4, -0.2) is 0 Å². The second-order valence-corrected chi connectivity index (χ2v) is 6.42. The van der Waals surface area contributed by atoms with Gasteiger partial charge >= 0.3 is 0 Å². The van der Waals surface area contributed by atoms with Gasteiger partial charge in [-0.05, 0) is 40.2 Å². The van der Waals surface area contributed by atoms with Gasteiger partial charge in [-0.1, -0.05) is 51.6 Å². The molecule has 0 saturated carbocycles. The van der Waals surface area contributed by atoms with Crippen LogP contribution in [0.25, 0.3) is 27.5 Å². The smallest absolute Gasteiger partial charge is 0.135 e. The van der Waals surface area contributed by atoms with Crippen molar-refractivity contribution in [2.24, 2.45) is 5.41 Å². The van der Waals surface area contributed by atoms with E-state index in [9.17, 15) is 0 Å². The molecule has 1 nitrogen and oxygen atoms in total. The first-order chi connectivity index (χ1) is 9.51. The molecule has 1 unspecified atom stereocenters. The van der Waals surface area contributed by atoms with Gasteiger partial charge in [0.15, 0.2) is 0 Å². The predicted octanol–water partition coefficient (Wildman–Crippen LogP) is 5.74. The second kappa shape index (κ2) is 3.54. The zero-order chi connectivity index (χ0) is 14.1. The van der Waals surface area contributed by atoms with Gasteiger partial charge in [-0.25, -0.2) is 0 Å². The Bertz CT molecular complexity index is 864. The van der Waals surface area contributed by atoms with Crippen LogP contribution in [0.2, 0.25) is 0 Å². The lowest BCUT2D eigenvalue weighted by Crippen LogP contribution is -2.13. The first kappa shape index (κ1) is 11.8. The van der Waals surface area contributed by atoms with E-state index in [1.165, 1.54) is 27.5 Å². The molecule has 0 fully saturated rings. The van der Waals surface area contributed by atoms with Crippen molar-refractivity contribution in [1.82, 2.24) is 0 Å². The van der Waals surface area contributed by atoms with Crippen LogP contribution in [0.5, 0.6) is 0 Å². The Morgan fingerprint density at radius 3 is 2.60 bits per heavy atom. The number of hydrogen-bond acceptors (Lipinski definition) is 1. The number of fused-ring (bicyclic) bond motifs is 5. The van der Waals surface area contributed by atoms with Crippen LogP contribution in [0.15, 0.2) is 47.4 Å². The lowest BCUT2D eigenvalue weighted by Gasteiger charge is -2.25. The Kier molecular flexibility index (Phi) is 2.09. The zero-order valence-electron chi connectivity index (χ0n) is 12.2. The molecule has 1 aromatic heterocycles. The summed E-state index contributed by atoms with van der Waals surface area (Å²) in [5.41, 5.74) is 6.02. The van der Waals surface area contributed by atoms with E-state index in [1.54, 1.807) is 0 Å². The molecule has 0 N–H and O–H groups in total. The minimum atomic E-state index is 0.106. The van der Waals surface area contributed by atoms with Crippen LogP contribution in [0.1, 0.15) is 37.8 Å². The van der Waals surface area contributed by atoms with Gasteiger partial charge in [-0.3, -0.25) is 0 Å². The molecule has 1 heteroatoms. The Hall–Kier alpha value is -2.02. The van der Waals surface area contributed by atoms with Gasteiger partial charge in [-0.15, -0.1) is 0 Å². The maximum Gasteiger partial charge on any atom is 0.135 e. The Morgan fingerprint density at radius 2 is 1.80 bits per heavy atom.